The molecule has 1 unspecified atom stereocenters. The summed E-state index contributed by atoms with van der Waals surface area (Å²) in [6.07, 6.45) is 2.89. The number of hydrogen-bond acceptors (Lipinski definition) is 5. The molecule has 0 aliphatic carbocycles. The number of halogens is 1. The lowest BCUT2D eigenvalue weighted by Gasteiger charge is -2.21. The summed E-state index contributed by atoms with van der Waals surface area (Å²) in [7, 11) is 4.93. The van der Waals surface area contributed by atoms with Crippen molar-refractivity contribution in [1.29, 1.82) is 0 Å². The second-order valence-corrected chi connectivity index (χ2v) is 6.78. The Morgan fingerprint density at radius 2 is 1.82 bits per heavy atom. The molecule has 1 atom stereocenters. The molecule has 0 bridgehead atoms. The number of methoxy groups -OCH3 is 3. The number of nitrogens with zero attached hydrogens (tertiary/aromatic N) is 1. The van der Waals surface area contributed by atoms with Crippen molar-refractivity contribution < 1.29 is 18.9 Å². The number of hydrogen-bond donors (Lipinski definition) is 2. The Bertz CT molecular complexity index is 609. The highest BCUT2D eigenvalue weighted by Crippen LogP contribution is 2.34. The minimum Gasteiger partial charge on any atom is -0.496 e. The zero-order valence-electron chi connectivity index (χ0n) is 17.6. The highest BCUT2D eigenvalue weighted by atomic mass is 127. The van der Waals surface area contributed by atoms with E-state index in [4.69, 9.17) is 23.9 Å². The van der Waals surface area contributed by atoms with Gasteiger partial charge in [0.15, 0.2) is 5.96 Å². The minimum absolute atomic E-state index is 0. The smallest absolute Gasteiger partial charge is 0.191 e. The van der Waals surface area contributed by atoms with Crippen LogP contribution in [0.3, 0.4) is 0 Å². The van der Waals surface area contributed by atoms with Gasteiger partial charge in [-0.05, 0) is 33.1 Å². The summed E-state index contributed by atoms with van der Waals surface area (Å²) >= 11 is 0. The van der Waals surface area contributed by atoms with E-state index in [0.717, 1.165) is 55.4 Å². The van der Waals surface area contributed by atoms with Gasteiger partial charge in [0, 0.05) is 37.4 Å². The van der Waals surface area contributed by atoms with Gasteiger partial charge < -0.3 is 29.6 Å². The van der Waals surface area contributed by atoms with Gasteiger partial charge in [0.05, 0.1) is 33.5 Å². The molecule has 1 aromatic carbocycles. The quantitative estimate of drug-likeness (QED) is 0.304. The largest absolute Gasteiger partial charge is 0.496 e. The fraction of sp³-hybridized carbons (Fsp3) is 0.650. The molecule has 0 aromatic heterocycles. The van der Waals surface area contributed by atoms with E-state index in [2.05, 4.69) is 24.5 Å². The predicted octanol–water partition coefficient (Wildman–Crippen LogP) is 3.00. The lowest BCUT2D eigenvalue weighted by atomic mass is 10.0. The van der Waals surface area contributed by atoms with E-state index in [0.29, 0.717) is 18.8 Å². The van der Waals surface area contributed by atoms with E-state index in [1.807, 2.05) is 12.1 Å². The van der Waals surface area contributed by atoms with Crippen molar-refractivity contribution in [1.82, 2.24) is 10.6 Å². The van der Waals surface area contributed by atoms with Crippen LogP contribution in [0.25, 0.3) is 0 Å². The minimum atomic E-state index is -0.148. The molecule has 28 heavy (non-hydrogen) atoms. The molecule has 0 saturated carbocycles. The zero-order chi connectivity index (χ0) is 19.7. The molecule has 1 aliphatic heterocycles. The molecule has 1 fully saturated rings. The highest BCUT2D eigenvalue weighted by molar-refractivity contribution is 14.0. The average Bonchev–Trinajstić information content (AvgIpc) is 3.12. The molecular formula is C20H34IN3O4. The second kappa shape index (κ2) is 12.2. The average molecular weight is 507 g/mol. The molecule has 2 rings (SSSR count). The number of ether oxygens (including phenoxy) is 4. The van der Waals surface area contributed by atoms with Gasteiger partial charge in [0.2, 0.25) is 0 Å². The molecule has 160 valence electrons. The number of guanidine groups is 1. The van der Waals surface area contributed by atoms with E-state index >= 15 is 0 Å². The number of benzene rings is 1. The highest BCUT2D eigenvalue weighted by Gasteiger charge is 2.29. The first-order valence-corrected chi connectivity index (χ1v) is 9.50. The van der Waals surface area contributed by atoms with Crippen LogP contribution in [0.15, 0.2) is 17.1 Å². The SMILES string of the molecule is CCNC(=NCC1(C)CCCO1)NCCc1c(OC)cc(OC)cc1OC.I. The number of rotatable bonds is 9. The van der Waals surface area contributed by atoms with Crippen LogP contribution in [0, 0.1) is 0 Å². The maximum atomic E-state index is 5.82. The van der Waals surface area contributed by atoms with E-state index in [1.165, 1.54) is 0 Å². The third-order valence-electron chi connectivity index (χ3n) is 4.70. The normalized spacial score (nSPS) is 19.0. The van der Waals surface area contributed by atoms with Crippen molar-refractivity contribution in [3.63, 3.8) is 0 Å². The van der Waals surface area contributed by atoms with Crippen molar-refractivity contribution in [3.8, 4) is 17.2 Å². The first-order valence-electron chi connectivity index (χ1n) is 9.50. The number of nitrogens with one attached hydrogen (secondary N) is 2. The lowest BCUT2D eigenvalue weighted by molar-refractivity contribution is 0.0283. The molecule has 8 heteroatoms. The van der Waals surface area contributed by atoms with Gasteiger partial charge in [-0.2, -0.15) is 0 Å². The molecule has 0 spiro atoms. The first-order chi connectivity index (χ1) is 13.0. The molecule has 1 aromatic rings. The van der Waals surface area contributed by atoms with Crippen LogP contribution in [0.2, 0.25) is 0 Å². The summed E-state index contributed by atoms with van der Waals surface area (Å²) in [6, 6.07) is 3.74. The molecule has 1 heterocycles. The Morgan fingerprint density at radius 1 is 1.14 bits per heavy atom. The van der Waals surface area contributed by atoms with E-state index in [9.17, 15) is 0 Å². The fourth-order valence-corrected chi connectivity index (χ4v) is 3.18. The molecule has 0 amide bonds. The van der Waals surface area contributed by atoms with Gasteiger partial charge in [-0.15, -0.1) is 24.0 Å². The van der Waals surface area contributed by atoms with Crippen LogP contribution in [0.5, 0.6) is 17.2 Å². The molecule has 7 nitrogen and oxygen atoms in total. The van der Waals surface area contributed by atoms with E-state index < -0.39 is 0 Å². The topological polar surface area (TPSA) is 73.3 Å². The van der Waals surface area contributed by atoms with Crippen molar-refractivity contribution in [3.05, 3.63) is 17.7 Å². The summed E-state index contributed by atoms with van der Waals surface area (Å²) in [4.78, 5) is 4.70. The monoisotopic (exact) mass is 507 g/mol. The van der Waals surface area contributed by atoms with Gasteiger partial charge in [-0.25, -0.2) is 0 Å². The maximum absolute atomic E-state index is 5.82. The molecule has 1 saturated heterocycles. The fourth-order valence-electron chi connectivity index (χ4n) is 3.18. The molecule has 1 aliphatic rings. The van der Waals surface area contributed by atoms with Crippen LogP contribution >= 0.6 is 24.0 Å². The van der Waals surface area contributed by atoms with Crippen molar-refractivity contribution in [2.45, 2.75) is 38.7 Å². The predicted molar refractivity (Wildman–Crippen MR) is 123 cm³/mol. The van der Waals surface area contributed by atoms with Crippen LogP contribution < -0.4 is 24.8 Å². The standard InChI is InChI=1S/C20H33N3O4.HI/c1-6-21-19(23-14-20(2)9-7-11-27-20)22-10-8-16-17(25-4)12-15(24-3)13-18(16)26-5;/h12-13H,6-11,14H2,1-5H3,(H2,21,22,23);1H. The van der Waals surface area contributed by atoms with Crippen molar-refractivity contribution in [2.24, 2.45) is 4.99 Å². The summed E-state index contributed by atoms with van der Waals surface area (Å²) in [6.45, 7) is 7.16. The van der Waals surface area contributed by atoms with E-state index in [1.54, 1.807) is 21.3 Å². The van der Waals surface area contributed by atoms with Crippen molar-refractivity contribution in [2.75, 3.05) is 47.6 Å². The molecule has 2 N–H and O–H groups in total. The Hall–Kier alpha value is -1.42. The van der Waals surface area contributed by atoms with Gasteiger partial charge in [0.25, 0.3) is 0 Å². The van der Waals surface area contributed by atoms with Crippen molar-refractivity contribution >= 4 is 29.9 Å². The maximum Gasteiger partial charge on any atom is 0.191 e. The third kappa shape index (κ3) is 6.88. The molecule has 0 radical (unpaired) electrons. The summed E-state index contributed by atoms with van der Waals surface area (Å²) in [5.41, 5.74) is 0.848. The van der Waals surface area contributed by atoms with Gasteiger partial charge in [0.1, 0.15) is 17.2 Å². The zero-order valence-corrected chi connectivity index (χ0v) is 19.9. The van der Waals surface area contributed by atoms with Crippen LogP contribution in [-0.2, 0) is 11.2 Å². The lowest BCUT2D eigenvalue weighted by Crippen LogP contribution is -2.40. The Kier molecular flexibility index (Phi) is 10.7. The third-order valence-corrected chi connectivity index (χ3v) is 4.70. The van der Waals surface area contributed by atoms with Gasteiger partial charge >= 0.3 is 0 Å². The number of aliphatic imine (C=N–C) groups is 1. The van der Waals surface area contributed by atoms with Crippen LogP contribution in [0.1, 0.15) is 32.3 Å². The van der Waals surface area contributed by atoms with Crippen LogP contribution in [-0.4, -0.2) is 59.1 Å². The van der Waals surface area contributed by atoms with Gasteiger partial charge in [-0.3, -0.25) is 4.99 Å². The molecular weight excluding hydrogens is 473 g/mol. The summed E-state index contributed by atoms with van der Waals surface area (Å²) < 4.78 is 22.1. The second-order valence-electron chi connectivity index (χ2n) is 6.78. The summed E-state index contributed by atoms with van der Waals surface area (Å²) in [5.74, 6) is 3.00. The van der Waals surface area contributed by atoms with Crippen LogP contribution in [0.4, 0.5) is 0 Å². The Morgan fingerprint density at radius 3 is 2.32 bits per heavy atom. The summed E-state index contributed by atoms with van der Waals surface area (Å²) in [5, 5.41) is 6.67. The first kappa shape index (κ1) is 24.6. The Balaban J connectivity index is 0.00000392. The Labute approximate surface area is 185 Å². The van der Waals surface area contributed by atoms with E-state index in [-0.39, 0.29) is 29.6 Å². The van der Waals surface area contributed by atoms with Gasteiger partial charge in [-0.1, -0.05) is 0 Å².